The monoisotopic (exact) mass is 329 g/mol. The van der Waals surface area contributed by atoms with Gasteiger partial charge in [0.1, 0.15) is 5.76 Å². The zero-order valence-electron chi connectivity index (χ0n) is 14.3. The van der Waals surface area contributed by atoms with E-state index < -0.39 is 0 Å². The molecular weight excluding hydrogens is 306 g/mol. The summed E-state index contributed by atoms with van der Waals surface area (Å²) >= 11 is 0. The van der Waals surface area contributed by atoms with Crippen LogP contribution in [0.1, 0.15) is 53.2 Å². The molecule has 1 N–H and O–H groups in total. The second kappa shape index (κ2) is 5.48. The van der Waals surface area contributed by atoms with Crippen molar-refractivity contribution in [3.8, 4) is 5.82 Å². The van der Waals surface area contributed by atoms with Crippen LogP contribution in [0.3, 0.4) is 0 Å². The Hall–Kier alpha value is -2.08. The molecule has 0 aliphatic carbocycles. The molecule has 1 amide bonds. The number of amides is 1. The minimum atomic E-state index is -0.267. The normalized spacial score (nSPS) is 26.2. The van der Waals surface area contributed by atoms with Gasteiger partial charge >= 0.3 is 0 Å². The fourth-order valence-electron chi connectivity index (χ4n) is 4.41. The van der Waals surface area contributed by atoms with Gasteiger partial charge in [-0.2, -0.15) is 0 Å². The number of rotatable bonds is 2. The first-order valence-corrected chi connectivity index (χ1v) is 8.59. The van der Waals surface area contributed by atoms with Crippen molar-refractivity contribution in [1.82, 2.24) is 14.6 Å². The molecular formula is C18H23N3O3. The minimum Gasteiger partial charge on any atom is -0.393 e. The lowest BCUT2D eigenvalue weighted by Crippen LogP contribution is -2.48. The number of nitrogens with zero attached hydrogens (tertiary/aromatic N) is 3. The molecule has 2 fully saturated rings. The summed E-state index contributed by atoms with van der Waals surface area (Å²) in [5.41, 5.74) is 2.58. The first kappa shape index (κ1) is 15.4. The number of fused-ring (bicyclic) bond motifs is 2. The summed E-state index contributed by atoms with van der Waals surface area (Å²) < 4.78 is 7.14. The van der Waals surface area contributed by atoms with Gasteiger partial charge < -0.3 is 14.5 Å². The lowest BCUT2D eigenvalue weighted by Gasteiger charge is -2.37. The van der Waals surface area contributed by atoms with Crippen LogP contribution in [0.25, 0.3) is 5.82 Å². The van der Waals surface area contributed by atoms with Gasteiger partial charge in [0, 0.05) is 29.5 Å². The van der Waals surface area contributed by atoms with Crippen molar-refractivity contribution in [3.05, 3.63) is 34.8 Å². The third-order valence-electron chi connectivity index (χ3n) is 5.45. The van der Waals surface area contributed by atoms with Crippen molar-refractivity contribution in [2.75, 3.05) is 0 Å². The summed E-state index contributed by atoms with van der Waals surface area (Å²) in [6, 6.07) is 4.15. The van der Waals surface area contributed by atoms with Crippen LogP contribution < -0.4 is 0 Å². The Morgan fingerprint density at radius 3 is 2.46 bits per heavy atom. The molecule has 2 aromatic heterocycles. The predicted molar refractivity (Wildman–Crippen MR) is 88.3 cm³/mol. The molecule has 24 heavy (non-hydrogen) atoms. The molecule has 2 saturated heterocycles. The number of piperidine rings is 1. The first-order valence-electron chi connectivity index (χ1n) is 8.59. The molecule has 2 aliphatic heterocycles. The number of aliphatic hydroxyl groups is 1. The number of aromatic nitrogens is 2. The van der Waals surface area contributed by atoms with Gasteiger partial charge in [0.2, 0.25) is 0 Å². The van der Waals surface area contributed by atoms with Crippen LogP contribution in [-0.4, -0.2) is 43.8 Å². The summed E-state index contributed by atoms with van der Waals surface area (Å²) in [7, 11) is 0. The summed E-state index contributed by atoms with van der Waals surface area (Å²) in [6.45, 7) is 5.78. The van der Waals surface area contributed by atoms with Gasteiger partial charge in [-0.25, -0.2) is 0 Å². The van der Waals surface area contributed by atoms with Gasteiger partial charge in [-0.15, -0.1) is 0 Å². The van der Waals surface area contributed by atoms with Crippen molar-refractivity contribution in [2.45, 2.75) is 64.6 Å². The molecule has 2 aromatic rings. The van der Waals surface area contributed by atoms with Crippen LogP contribution in [0.2, 0.25) is 0 Å². The molecule has 4 rings (SSSR count). The number of aliphatic hydroxyl groups excluding tert-OH is 1. The van der Waals surface area contributed by atoms with E-state index in [2.05, 4.69) is 5.16 Å². The Bertz CT molecular complexity index is 778. The van der Waals surface area contributed by atoms with Crippen LogP contribution in [0, 0.1) is 20.8 Å². The van der Waals surface area contributed by atoms with Crippen molar-refractivity contribution in [1.29, 1.82) is 0 Å². The highest BCUT2D eigenvalue weighted by molar-refractivity contribution is 5.96. The van der Waals surface area contributed by atoms with Gasteiger partial charge in [0.05, 0.1) is 11.7 Å². The molecule has 0 aromatic carbocycles. The summed E-state index contributed by atoms with van der Waals surface area (Å²) in [6.07, 6.45) is 3.12. The molecule has 0 spiro atoms. The number of carbonyl (C=O) groups excluding carboxylic acids is 1. The molecule has 2 bridgehead atoms. The van der Waals surface area contributed by atoms with Gasteiger partial charge in [0.15, 0.2) is 5.82 Å². The Kier molecular flexibility index (Phi) is 3.53. The van der Waals surface area contributed by atoms with E-state index >= 15 is 0 Å². The van der Waals surface area contributed by atoms with E-state index in [0.29, 0.717) is 18.7 Å². The first-order chi connectivity index (χ1) is 11.5. The zero-order valence-corrected chi connectivity index (χ0v) is 14.3. The van der Waals surface area contributed by atoms with Crippen LogP contribution >= 0.6 is 0 Å². The van der Waals surface area contributed by atoms with Crippen LogP contribution in [-0.2, 0) is 0 Å². The van der Waals surface area contributed by atoms with Crippen LogP contribution in [0.15, 0.2) is 16.7 Å². The van der Waals surface area contributed by atoms with Gasteiger partial charge in [0.25, 0.3) is 5.91 Å². The van der Waals surface area contributed by atoms with E-state index in [1.807, 2.05) is 42.4 Å². The van der Waals surface area contributed by atoms with Gasteiger partial charge in [-0.05, 0) is 52.5 Å². The third-order valence-corrected chi connectivity index (χ3v) is 5.45. The van der Waals surface area contributed by atoms with E-state index in [1.165, 1.54) is 0 Å². The Morgan fingerprint density at radius 1 is 1.21 bits per heavy atom. The van der Waals surface area contributed by atoms with Crippen molar-refractivity contribution in [2.24, 2.45) is 0 Å². The smallest absolute Gasteiger partial charge is 0.256 e. The maximum Gasteiger partial charge on any atom is 0.256 e. The largest absolute Gasteiger partial charge is 0.393 e. The van der Waals surface area contributed by atoms with Crippen molar-refractivity contribution >= 4 is 5.91 Å². The number of hydrogen-bond acceptors (Lipinski definition) is 4. The van der Waals surface area contributed by atoms with E-state index in [4.69, 9.17) is 4.52 Å². The average molecular weight is 329 g/mol. The lowest BCUT2D eigenvalue weighted by molar-refractivity contribution is 0.0286. The third kappa shape index (κ3) is 2.28. The summed E-state index contributed by atoms with van der Waals surface area (Å²) in [4.78, 5) is 15.2. The van der Waals surface area contributed by atoms with Gasteiger partial charge in [-0.3, -0.25) is 9.36 Å². The maximum atomic E-state index is 13.2. The maximum absolute atomic E-state index is 13.2. The Labute approximate surface area is 141 Å². The molecule has 4 heterocycles. The molecule has 0 saturated carbocycles. The fraction of sp³-hybridized carbons (Fsp3) is 0.556. The average Bonchev–Trinajstić information content (AvgIpc) is 3.14. The summed E-state index contributed by atoms with van der Waals surface area (Å²) in [5, 5.41) is 14.0. The SMILES string of the molecule is Cc1cc(-n2c(C)cc(C(=O)N3[C@H]4CC[C@H]3CC(O)C4)c2C)no1. The highest BCUT2D eigenvalue weighted by Crippen LogP contribution is 2.37. The fourth-order valence-corrected chi connectivity index (χ4v) is 4.41. The Morgan fingerprint density at radius 2 is 1.88 bits per heavy atom. The highest BCUT2D eigenvalue weighted by atomic mass is 16.5. The molecule has 2 atom stereocenters. The molecule has 6 heteroatoms. The molecule has 0 unspecified atom stereocenters. The van der Waals surface area contributed by atoms with Crippen molar-refractivity contribution in [3.63, 3.8) is 0 Å². The Balaban J connectivity index is 1.69. The number of hydrogen-bond donors (Lipinski definition) is 1. The van der Waals surface area contributed by atoms with Gasteiger partial charge in [-0.1, -0.05) is 5.16 Å². The van der Waals surface area contributed by atoms with E-state index in [1.54, 1.807) is 0 Å². The van der Waals surface area contributed by atoms with Crippen LogP contribution in [0.4, 0.5) is 0 Å². The quantitative estimate of drug-likeness (QED) is 0.919. The standard InChI is InChI=1S/C18H23N3O3/c1-10-6-16(12(3)20(10)17-7-11(2)24-19-17)18(23)21-13-4-5-14(21)9-15(22)8-13/h6-7,13-15,22H,4-5,8-9H2,1-3H3/t13-,14-/m0/s1. The molecule has 6 nitrogen and oxygen atoms in total. The second-order valence-corrected chi connectivity index (χ2v) is 7.14. The topological polar surface area (TPSA) is 71.5 Å². The van der Waals surface area contributed by atoms with Crippen LogP contribution in [0.5, 0.6) is 0 Å². The lowest BCUT2D eigenvalue weighted by atomic mass is 9.99. The van der Waals surface area contributed by atoms with E-state index in [0.717, 1.165) is 35.6 Å². The summed E-state index contributed by atoms with van der Waals surface area (Å²) in [5.74, 6) is 1.53. The number of carbonyl (C=O) groups is 1. The van der Waals surface area contributed by atoms with E-state index in [9.17, 15) is 9.90 Å². The van der Waals surface area contributed by atoms with E-state index in [-0.39, 0.29) is 24.1 Å². The van der Waals surface area contributed by atoms with Crippen molar-refractivity contribution < 1.29 is 14.4 Å². The highest BCUT2D eigenvalue weighted by Gasteiger charge is 2.43. The molecule has 128 valence electrons. The molecule has 0 radical (unpaired) electrons. The predicted octanol–water partition coefficient (Wildman–Crippen LogP) is 2.52. The molecule has 2 aliphatic rings. The number of aryl methyl sites for hydroxylation is 2. The minimum absolute atomic E-state index is 0.0777. The second-order valence-electron chi connectivity index (χ2n) is 7.14. The zero-order chi connectivity index (χ0) is 17.0.